The van der Waals surface area contributed by atoms with Crippen LogP contribution in [-0.2, 0) is 17.6 Å². The first-order valence-electron chi connectivity index (χ1n) is 5.68. The number of amides is 1. The summed E-state index contributed by atoms with van der Waals surface area (Å²) in [5.41, 5.74) is 2.81. The van der Waals surface area contributed by atoms with Crippen LogP contribution in [0.15, 0.2) is 24.3 Å². The van der Waals surface area contributed by atoms with Crippen molar-refractivity contribution in [1.29, 1.82) is 0 Å². The molecule has 0 spiro atoms. The Bertz CT molecular complexity index is 389. The van der Waals surface area contributed by atoms with Crippen LogP contribution < -0.4 is 5.32 Å². The Morgan fingerprint density at radius 1 is 1.44 bits per heavy atom. The molecule has 1 aromatic carbocycles. The van der Waals surface area contributed by atoms with Gasteiger partial charge >= 0.3 is 0 Å². The molecule has 86 valence electrons. The van der Waals surface area contributed by atoms with E-state index in [0.717, 1.165) is 19.3 Å². The third kappa shape index (κ3) is 2.64. The van der Waals surface area contributed by atoms with Crippen LogP contribution in [0.4, 0.5) is 0 Å². The predicted molar refractivity (Wildman–Crippen MR) is 68.8 cm³/mol. The molecule has 1 aromatic rings. The van der Waals surface area contributed by atoms with Gasteiger partial charge in [-0.3, -0.25) is 4.79 Å². The van der Waals surface area contributed by atoms with E-state index in [2.05, 4.69) is 45.5 Å². The van der Waals surface area contributed by atoms with E-state index < -0.39 is 0 Å². The molecule has 1 aliphatic carbocycles. The lowest BCUT2D eigenvalue weighted by atomic mass is 9.88. The smallest absolute Gasteiger partial charge is 0.233 e. The molecule has 1 aliphatic rings. The number of hydrogen-bond donors (Lipinski definition) is 1. The zero-order chi connectivity index (χ0) is 11.5. The topological polar surface area (TPSA) is 29.1 Å². The molecule has 2 rings (SSSR count). The maximum atomic E-state index is 11.6. The molecule has 2 atom stereocenters. The highest BCUT2D eigenvalue weighted by molar-refractivity contribution is 9.10. The summed E-state index contributed by atoms with van der Waals surface area (Å²) in [6.45, 7) is 1.85. The van der Waals surface area contributed by atoms with Crippen molar-refractivity contribution in [1.82, 2.24) is 5.32 Å². The van der Waals surface area contributed by atoms with Gasteiger partial charge in [0.2, 0.25) is 5.91 Å². The molecule has 0 bridgehead atoms. The van der Waals surface area contributed by atoms with Crippen LogP contribution in [0.1, 0.15) is 24.5 Å². The molecule has 16 heavy (non-hydrogen) atoms. The maximum absolute atomic E-state index is 11.6. The monoisotopic (exact) mass is 281 g/mol. The highest BCUT2D eigenvalue weighted by Crippen LogP contribution is 2.21. The van der Waals surface area contributed by atoms with Gasteiger partial charge in [0.15, 0.2) is 0 Å². The minimum Gasteiger partial charge on any atom is -0.352 e. The number of aryl methyl sites for hydroxylation is 1. The van der Waals surface area contributed by atoms with Crippen molar-refractivity contribution in [3.05, 3.63) is 35.4 Å². The van der Waals surface area contributed by atoms with Crippen LogP contribution in [-0.4, -0.2) is 16.8 Å². The standard InChI is InChI=1S/C13H16BrNO/c1-9(14)13(16)15-12-7-6-10-4-2-3-5-11(10)8-12/h2-5,9,12H,6-8H2,1H3,(H,15,16). The lowest BCUT2D eigenvalue weighted by Gasteiger charge is -2.25. The van der Waals surface area contributed by atoms with Crippen LogP contribution in [0.2, 0.25) is 0 Å². The molecular formula is C13H16BrNO. The van der Waals surface area contributed by atoms with E-state index in [-0.39, 0.29) is 10.7 Å². The summed E-state index contributed by atoms with van der Waals surface area (Å²) in [5, 5.41) is 3.07. The number of carbonyl (C=O) groups excluding carboxylic acids is 1. The third-order valence-electron chi connectivity index (χ3n) is 3.05. The number of benzene rings is 1. The molecule has 0 radical (unpaired) electrons. The number of hydrogen-bond acceptors (Lipinski definition) is 1. The molecule has 2 unspecified atom stereocenters. The Kier molecular flexibility index (Phi) is 3.64. The lowest BCUT2D eigenvalue weighted by Crippen LogP contribution is -2.41. The van der Waals surface area contributed by atoms with Gasteiger partial charge in [-0.2, -0.15) is 0 Å². The Hall–Kier alpha value is -0.830. The van der Waals surface area contributed by atoms with E-state index in [1.165, 1.54) is 11.1 Å². The fourth-order valence-electron chi connectivity index (χ4n) is 2.14. The minimum absolute atomic E-state index is 0.0874. The summed E-state index contributed by atoms with van der Waals surface area (Å²) in [6, 6.07) is 8.78. The Balaban J connectivity index is 2.00. The Labute approximate surface area is 105 Å². The summed E-state index contributed by atoms with van der Waals surface area (Å²) < 4.78 is 0. The number of alkyl halides is 1. The van der Waals surface area contributed by atoms with Gasteiger partial charge in [0.05, 0.1) is 4.83 Å². The number of carbonyl (C=O) groups is 1. The molecule has 0 aromatic heterocycles. The summed E-state index contributed by atoms with van der Waals surface area (Å²) in [4.78, 5) is 11.5. The number of rotatable bonds is 2. The molecular weight excluding hydrogens is 266 g/mol. The van der Waals surface area contributed by atoms with Crippen LogP contribution in [0.3, 0.4) is 0 Å². The van der Waals surface area contributed by atoms with Gasteiger partial charge < -0.3 is 5.32 Å². The average molecular weight is 282 g/mol. The van der Waals surface area contributed by atoms with Crippen molar-refractivity contribution in [3.8, 4) is 0 Å². The van der Waals surface area contributed by atoms with Gasteiger partial charge in [-0.1, -0.05) is 40.2 Å². The van der Waals surface area contributed by atoms with Gasteiger partial charge in [0, 0.05) is 6.04 Å². The third-order valence-corrected chi connectivity index (χ3v) is 3.47. The number of nitrogens with one attached hydrogen (secondary N) is 1. The van der Waals surface area contributed by atoms with Crippen LogP contribution >= 0.6 is 15.9 Å². The lowest BCUT2D eigenvalue weighted by molar-refractivity contribution is -0.120. The summed E-state index contributed by atoms with van der Waals surface area (Å²) >= 11 is 3.29. The summed E-state index contributed by atoms with van der Waals surface area (Å²) in [7, 11) is 0. The van der Waals surface area contributed by atoms with E-state index in [1.54, 1.807) is 0 Å². The van der Waals surface area contributed by atoms with Crippen molar-refractivity contribution in [2.45, 2.75) is 37.1 Å². The molecule has 0 saturated heterocycles. The summed E-state index contributed by atoms with van der Waals surface area (Å²) in [6.07, 6.45) is 3.07. The van der Waals surface area contributed by atoms with Crippen molar-refractivity contribution >= 4 is 21.8 Å². The zero-order valence-electron chi connectivity index (χ0n) is 9.37. The number of halogens is 1. The van der Waals surface area contributed by atoms with Crippen molar-refractivity contribution in [2.24, 2.45) is 0 Å². The predicted octanol–water partition coefficient (Wildman–Crippen LogP) is 2.44. The van der Waals surface area contributed by atoms with Crippen LogP contribution in [0.5, 0.6) is 0 Å². The Morgan fingerprint density at radius 2 is 2.12 bits per heavy atom. The first-order chi connectivity index (χ1) is 7.66. The molecule has 0 saturated carbocycles. The second kappa shape index (κ2) is 5.00. The van der Waals surface area contributed by atoms with Gasteiger partial charge in [-0.25, -0.2) is 0 Å². The first kappa shape index (κ1) is 11.6. The van der Waals surface area contributed by atoms with Gasteiger partial charge in [-0.05, 0) is 37.3 Å². The fraction of sp³-hybridized carbons (Fsp3) is 0.462. The highest BCUT2D eigenvalue weighted by atomic mass is 79.9. The molecule has 1 N–H and O–H groups in total. The molecule has 0 heterocycles. The van der Waals surface area contributed by atoms with E-state index in [0.29, 0.717) is 6.04 Å². The SMILES string of the molecule is CC(Br)C(=O)NC1CCc2ccccc2C1. The van der Waals surface area contributed by atoms with E-state index in [4.69, 9.17) is 0 Å². The van der Waals surface area contributed by atoms with E-state index in [1.807, 2.05) is 6.92 Å². The molecule has 3 heteroatoms. The molecule has 0 fully saturated rings. The van der Waals surface area contributed by atoms with Gasteiger partial charge in [-0.15, -0.1) is 0 Å². The first-order valence-corrected chi connectivity index (χ1v) is 6.59. The maximum Gasteiger partial charge on any atom is 0.233 e. The molecule has 2 nitrogen and oxygen atoms in total. The average Bonchev–Trinajstić information content (AvgIpc) is 2.28. The largest absolute Gasteiger partial charge is 0.352 e. The fourth-order valence-corrected chi connectivity index (χ4v) is 2.27. The number of fused-ring (bicyclic) bond motifs is 1. The van der Waals surface area contributed by atoms with Crippen molar-refractivity contribution in [3.63, 3.8) is 0 Å². The van der Waals surface area contributed by atoms with Crippen molar-refractivity contribution < 1.29 is 4.79 Å². The Morgan fingerprint density at radius 3 is 2.81 bits per heavy atom. The van der Waals surface area contributed by atoms with Gasteiger partial charge in [0.1, 0.15) is 0 Å². The summed E-state index contributed by atoms with van der Waals surface area (Å²) in [5.74, 6) is 0.0874. The highest BCUT2D eigenvalue weighted by Gasteiger charge is 2.20. The minimum atomic E-state index is -0.107. The second-order valence-electron chi connectivity index (χ2n) is 4.33. The molecule has 0 aliphatic heterocycles. The quantitative estimate of drug-likeness (QED) is 0.829. The van der Waals surface area contributed by atoms with Crippen molar-refractivity contribution in [2.75, 3.05) is 0 Å². The van der Waals surface area contributed by atoms with Gasteiger partial charge in [0.25, 0.3) is 0 Å². The van der Waals surface area contributed by atoms with Crippen LogP contribution in [0.25, 0.3) is 0 Å². The van der Waals surface area contributed by atoms with E-state index >= 15 is 0 Å². The van der Waals surface area contributed by atoms with Crippen LogP contribution in [0, 0.1) is 0 Å². The normalized spacial score (nSPS) is 21.0. The second-order valence-corrected chi connectivity index (χ2v) is 5.71. The molecule has 1 amide bonds. The zero-order valence-corrected chi connectivity index (χ0v) is 11.0. The van der Waals surface area contributed by atoms with E-state index in [9.17, 15) is 4.79 Å².